The Bertz CT molecular complexity index is 1450. The van der Waals surface area contributed by atoms with Crippen molar-refractivity contribution in [2.45, 2.75) is 18.7 Å². The highest BCUT2D eigenvalue weighted by atomic mass is 32.2. The van der Waals surface area contributed by atoms with Gasteiger partial charge in [-0.2, -0.15) is 4.31 Å². The SMILES string of the molecule is Cc1[nH]c2ccc(C(=O)N3CCN(S(=O)(=O)c4ccc5ccccc5c4)CC3)cc2c1C. The van der Waals surface area contributed by atoms with Crippen LogP contribution in [-0.4, -0.2) is 54.7 Å². The molecule has 32 heavy (non-hydrogen) atoms. The van der Waals surface area contributed by atoms with Crippen LogP contribution in [0.4, 0.5) is 0 Å². The monoisotopic (exact) mass is 447 g/mol. The second kappa shape index (κ2) is 7.76. The van der Waals surface area contributed by atoms with Crippen LogP contribution in [0.15, 0.2) is 65.6 Å². The lowest BCUT2D eigenvalue weighted by atomic mass is 10.1. The number of aromatic amines is 1. The fraction of sp³-hybridized carbons (Fsp3) is 0.240. The van der Waals surface area contributed by atoms with Crippen molar-refractivity contribution in [3.05, 3.63) is 77.5 Å². The fourth-order valence-corrected chi connectivity index (χ4v) is 5.84. The van der Waals surface area contributed by atoms with Crippen LogP contribution < -0.4 is 0 Å². The Morgan fingerprint density at radius 3 is 2.34 bits per heavy atom. The minimum Gasteiger partial charge on any atom is -0.358 e. The number of hydrogen-bond donors (Lipinski definition) is 1. The lowest BCUT2D eigenvalue weighted by molar-refractivity contribution is 0.0698. The standard InChI is InChI=1S/C25H25N3O3S/c1-17-18(2)26-24-10-8-21(16-23(17)24)25(29)27-11-13-28(14-12-27)32(30,31)22-9-7-19-5-3-4-6-20(19)15-22/h3-10,15-16,26H,11-14H2,1-2H3. The molecule has 2 heterocycles. The van der Waals surface area contributed by atoms with Gasteiger partial charge >= 0.3 is 0 Å². The summed E-state index contributed by atoms with van der Waals surface area (Å²) in [7, 11) is -3.61. The third-order valence-electron chi connectivity index (χ3n) is 6.44. The van der Waals surface area contributed by atoms with Crippen LogP contribution in [0.3, 0.4) is 0 Å². The molecule has 1 amide bonds. The maximum atomic E-state index is 13.2. The number of benzene rings is 3. The third kappa shape index (κ3) is 3.47. The minimum absolute atomic E-state index is 0.0621. The number of carbonyl (C=O) groups excluding carboxylic acids is 1. The molecule has 0 aliphatic carbocycles. The summed E-state index contributed by atoms with van der Waals surface area (Å²) in [5, 5.41) is 2.95. The summed E-state index contributed by atoms with van der Waals surface area (Å²) in [6.07, 6.45) is 0. The highest BCUT2D eigenvalue weighted by Crippen LogP contribution is 2.25. The van der Waals surface area contributed by atoms with Gasteiger partial charge in [-0.1, -0.05) is 30.3 Å². The van der Waals surface area contributed by atoms with Crippen LogP contribution in [0.25, 0.3) is 21.7 Å². The van der Waals surface area contributed by atoms with Gasteiger partial charge in [-0.15, -0.1) is 0 Å². The quantitative estimate of drug-likeness (QED) is 0.514. The van der Waals surface area contributed by atoms with Crippen LogP contribution in [0.2, 0.25) is 0 Å². The topological polar surface area (TPSA) is 73.5 Å². The highest BCUT2D eigenvalue weighted by molar-refractivity contribution is 7.89. The summed E-state index contributed by atoms with van der Waals surface area (Å²) in [5.41, 5.74) is 3.88. The van der Waals surface area contributed by atoms with Gasteiger partial charge < -0.3 is 9.88 Å². The van der Waals surface area contributed by atoms with E-state index in [1.165, 1.54) is 4.31 Å². The second-order valence-corrected chi connectivity index (χ2v) is 10.3. The molecule has 1 saturated heterocycles. The average Bonchev–Trinajstić information content (AvgIpc) is 3.11. The first-order valence-electron chi connectivity index (χ1n) is 10.7. The van der Waals surface area contributed by atoms with Crippen molar-refractivity contribution < 1.29 is 13.2 Å². The first kappa shape index (κ1) is 20.7. The Morgan fingerprint density at radius 2 is 1.59 bits per heavy atom. The number of aromatic nitrogens is 1. The molecule has 1 fully saturated rings. The summed E-state index contributed by atoms with van der Waals surface area (Å²) < 4.78 is 27.8. The van der Waals surface area contributed by atoms with Crippen molar-refractivity contribution in [1.82, 2.24) is 14.2 Å². The van der Waals surface area contributed by atoms with E-state index in [2.05, 4.69) is 4.98 Å². The number of nitrogens with one attached hydrogen (secondary N) is 1. The van der Waals surface area contributed by atoms with Crippen molar-refractivity contribution >= 4 is 37.6 Å². The number of hydrogen-bond acceptors (Lipinski definition) is 3. The van der Waals surface area contributed by atoms with Gasteiger partial charge in [0.15, 0.2) is 0 Å². The number of nitrogens with zero attached hydrogens (tertiary/aromatic N) is 2. The average molecular weight is 448 g/mol. The lowest BCUT2D eigenvalue weighted by Gasteiger charge is -2.34. The first-order chi connectivity index (χ1) is 15.3. The maximum Gasteiger partial charge on any atom is 0.253 e. The van der Waals surface area contributed by atoms with E-state index in [-0.39, 0.29) is 19.0 Å². The van der Waals surface area contributed by atoms with E-state index in [0.717, 1.165) is 32.9 Å². The molecule has 4 aromatic rings. The van der Waals surface area contributed by atoms with Crippen molar-refractivity contribution in [1.29, 1.82) is 0 Å². The van der Waals surface area contributed by atoms with Gasteiger partial charge in [0.25, 0.3) is 5.91 Å². The van der Waals surface area contributed by atoms with E-state index < -0.39 is 10.0 Å². The Kier molecular flexibility index (Phi) is 5.03. The minimum atomic E-state index is -3.61. The van der Waals surface area contributed by atoms with Crippen molar-refractivity contribution in [3.63, 3.8) is 0 Å². The van der Waals surface area contributed by atoms with Crippen LogP contribution in [-0.2, 0) is 10.0 Å². The first-order valence-corrected chi connectivity index (χ1v) is 12.2. The van der Waals surface area contributed by atoms with Gasteiger partial charge in [0, 0.05) is 48.3 Å². The molecule has 0 bridgehead atoms. The Morgan fingerprint density at radius 1 is 0.875 bits per heavy atom. The van der Waals surface area contributed by atoms with Crippen LogP contribution in [0.5, 0.6) is 0 Å². The molecule has 0 atom stereocenters. The Balaban J connectivity index is 1.32. The van der Waals surface area contributed by atoms with Gasteiger partial charge in [-0.25, -0.2) is 8.42 Å². The molecule has 5 rings (SSSR count). The predicted molar refractivity (Wildman–Crippen MR) is 126 cm³/mol. The van der Waals surface area contributed by atoms with E-state index >= 15 is 0 Å². The van der Waals surface area contributed by atoms with Gasteiger partial charge in [0.05, 0.1) is 4.90 Å². The maximum absolute atomic E-state index is 13.2. The fourth-order valence-electron chi connectivity index (χ4n) is 4.39. The van der Waals surface area contributed by atoms with E-state index in [1.54, 1.807) is 17.0 Å². The normalized spacial score (nSPS) is 15.5. The smallest absolute Gasteiger partial charge is 0.253 e. The molecule has 0 radical (unpaired) electrons. The van der Waals surface area contributed by atoms with E-state index in [4.69, 9.17) is 0 Å². The molecule has 3 aromatic carbocycles. The van der Waals surface area contributed by atoms with Gasteiger partial charge in [-0.3, -0.25) is 4.79 Å². The van der Waals surface area contributed by atoms with Crippen LogP contribution in [0.1, 0.15) is 21.6 Å². The largest absolute Gasteiger partial charge is 0.358 e. The number of amides is 1. The van der Waals surface area contributed by atoms with Gasteiger partial charge in [0.1, 0.15) is 0 Å². The van der Waals surface area contributed by atoms with E-state index in [1.807, 2.05) is 62.4 Å². The molecule has 0 spiro atoms. The number of fused-ring (bicyclic) bond motifs is 2. The molecule has 0 unspecified atom stereocenters. The highest BCUT2D eigenvalue weighted by Gasteiger charge is 2.30. The van der Waals surface area contributed by atoms with Crippen molar-refractivity contribution in [3.8, 4) is 0 Å². The predicted octanol–water partition coefficient (Wildman–Crippen LogP) is 4.08. The number of H-pyrrole nitrogens is 1. The molecule has 0 saturated carbocycles. The van der Waals surface area contributed by atoms with Gasteiger partial charge in [0.2, 0.25) is 10.0 Å². The second-order valence-electron chi connectivity index (χ2n) is 8.34. The lowest BCUT2D eigenvalue weighted by Crippen LogP contribution is -2.50. The van der Waals surface area contributed by atoms with Crippen molar-refractivity contribution in [2.75, 3.05) is 26.2 Å². The van der Waals surface area contributed by atoms with Crippen molar-refractivity contribution in [2.24, 2.45) is 0 Å². The number of rotatable bonds is 3. The summed E-state index contributed by atoms with van der Waals surface area (Å²) in [4.78, 5) is 18.4. The molecule has 6 nitrogen and oxygen atoms in total. The molecule has 1 aliphatic heterocycles. The number of carbonyl (C=O) groups is 1. The molecule has 1 aromatic heterocycles. The Hall–Kier alpha value is -3.16. The third-order valence-corrected chi connectivity index (χ3v) is 8.33. The summed E-state index contributed by atoms with van der Waals surface area (Å²) >= 11 is 0. The van der Waals surface area contributed by atoms with Crippen LogP contribution >= 0.6 is 0 Å². The molecule has 1 aliphatic rings. The zero-order valence-corrected chi connectivity index (χ0v) is 18.9. The summed E-state index contributed by atoms with van der Waals surface area (Å²) in [6, 6.07) is 18.6. The number of aryl methyl sites for hydroxylation is 2. The molecule has 1 N–H and O–H groups in total. The molecular weight excluding hydrogens is 422 g/mol. The van der Waals surface area contributed by atoms with Crippen LogP contribution in [0, 0.1) is 13.8 Å². The molecule has 7 heteroatoms. The van der Waals surface area contributed by atoms with E-state index in [9.17, 15) is 13.2 Å². The molecule has 164 valence electrons. The van der Waals surface area contributed by atoms with E-state index in [0.29, 0.717) is 23.5 Å². The molecular formula is C25H25N3O3S. The van der Waals surface area contributed by atoms with Gasteiger partial charge in [-0.05, 0) is 60.5 Å². The number of sulfonamides is 1. The number of piperazine rings is 1. The Labute approximate surface area is 187 Å². The zero-order chi connectivity index (χ0) is 22.5. The summed E-state index contributed by atoms with van der Waals surface area (Å²) in [6.45, 7) is 5.37. The zero-order valence-electron chi connectivity index (χ0n) is 18.1. The summed E-state index contributed by atoms with van der Waals surface area (Å²) in [5.74, 6) is -0.0621.